The standard InChI is InChI=1S/C16H25N3O/c20-15-6-2-1-5-14(15)13-18-9-11-19(12-10-18)16-7-3-4-8-17-16/h3-4,7-8,14-15,20H,1-2,5-6,9-13H2. The Bertz CT molecular complexity index is 403. The smallest absolute Gasteiger partial charge is 0.128 e. The summed E-state index contributed by atoms with van der Waals surface area (Å²) in [5.74, 6) is 1.58. The average molecular weight is 275 g/mol. The molecule has 4 heteroatoms. The second-order valence-corrected chi connectivity index (χ2v) is 6.09. The highest BCUT2D eigenvalue weighted by Gasteiger charge is 2.26. The molecule has 0 aromatic carbocycles. The summed E-state index contributed by atoms with van der Waals surface area (Å²) in [6, 6.07) is 6.10. The molecule has 1 saturated carbocycles. The topological polar surface area (TPSA) is 39.6 Å². The van der Waals surface area contributed by atoms with E-state index in [1.807, 2.05) is 18.3 Å². The Morgan fingerprint density at radius 2 is 1.90 bits per heavy atom. The summed E-state index contributed by atoms with van der Waals surface area (Å²) in [7, 11) is 0. The first-order chi connectivity index (χ1) is 9.83. The van der Waals surface area contributed by atoms with Crippen molar-refractivity contribution in [1.29, 1.82) is 0 Å². The third-order valence-electron chi connectivity index (χ3n) is 4.71. The predicted octanol–water partition coefficient (Wildman–Crippen LogP) is 1.75. The van der Waals surface area contributed by atoms with Crippen LogP contribution in [0.3, 0.4) is 0 Å². The largest absolute Gasteiger partial charge is 0.393 e. The van der Waals surface area contributed by atoms with Gasteiger partial charge < -0.3 is 10.0 Å². The van der Waals surface area contributed by atoms with Crippen LogP contribution in [0.1, 0.15) is 25.7 Å². The Morgan fingerprint density at radius 3 is 2.60 bits per heavy atom. The lowest BCUT2D eigenvalue weighted by Gasteiger charge is -2.38. The lowest BCUT2D eigenvalue weighted by molar-refractivity contribution is 0.0453. The van der Waals surface area contributed by atoms with Crippen LogP contribution in [-0.2, 0) is 0 Å². The van der Waals surface area contributed by atoms with Crippen molar-refractivity contribution in [3.05, 3.63) is 24.4 Å². The minimum absolute atomic E-state index is 0.0717. The highest BCUT2D eigenvalue weighted by Crippen LogP contribution is 2.25. The van der Waals surface area contributed by atoms with Gasteiger partial charge in [-0.2, -0.15) is 0 Å². The summed E-state index contributed by atoms with van der Waals surface area (Å²) >= 11 is 0. The SMILES string of the molecule is OC1CCCCC1CN1CCN(c2ccccn2)CC1. The molecule has 0 bridgehead atoms. The molecule has 1 N–H and O–H groups in total. The van der Waals surface area contributed by atoms with Crippen molar-refractivity contribution in [3.8, 4) is 0 Å². The highest BCUT2D eigenvalue weighted by atomic mass is 16.3. The van der Waals surface area contributed by atoms with Crippen LogP contribution in [0, 0.1) is 5.92 Å². The van der Waals surface area contributed by atoms with E-state index in [-0.39, 0.29) is 6.10 Å². The molecule has 1 saturated heterocycles. The van der Waals surface area contributed by atoms with Gasteiger partial charge >= 0.3 is 0 Å². The number of piperazine rings is 1. The van der Waals surface area contributed by atoms with Gasteiger partial charge in [-0.1, -0.05) is 18.9 Å². The summed E-state index contributed by atoms with van der Waals surface area (Å²) in [5.41, 5.74) is 0. The molecule has 0 spiro atoms. The maximum atomic E-state index is 10.1. The monoisotopic (exact) mass is 275 g/mol. The molecule has 0 amide bonds. The fraction of sp³-hybridized carbons (Fsp3) is 0.688. The number of nitrogens with zero attached hydrogens (tertiary/aromatic N) is 3. The summed E-state index contributed by atoms with van der Waals surface area (Å²) in [4.78, 5) is 9.29. The molecule has 2 heterocycles. The maximum absolute atomic E-state index is 10.1. The van der Waals surface area contributed by atoms with E-state index in [0.29, 0.717) is 5.92 Å². The van der Waals surface area contributed by atoms with Crippen LogP contribution in [0.25, 0.3) is 0 Å². The molecule has 1 aliphatic carbocycles. The molecule has 110 valence electrons. The fourth-order valence-corrected chi connectivity index (χ4v) is 3.43. The summed E-state index contributed by atoms with van der Waals surface area (Å²) < 4.78 is 0. The van der Waals surface area contributed by atoms with E-state index < -0.39 is 0 Å². The maximum Gasteiger partial charge on any atom is 0.128 e. The highest BCUT2D eigenvalue weighted by molar-refractivity contribution is 5.38. The number of aliphatic hydroxyl groups is 1. The number of hydrogen-bond acceptors (Lipinski definition) is 4. The van der Waals surface area contributed by atoms with Crippen molar-refractivity contribution in [2.75, 3.05) is 37.6 Å². The van der Waals surface area contributed by atoms with Crippen LogP contribution in [0.4, 0.5) is 5.82 Å². The normalized spacial score (nSPS) is 28.6. The molecule has 1 aliphatic heterocycles. The quantitative estimate of drug-likeness (QED) is 0.912. The lowest BCUT2D eigenvalue weighted by Crippen LogP contribution is -2.49. The van der Waals surface area contributed by atoms with Gasteiger partial charge in [0.2, 0.25) is 0 Å². The van der Waals surface area contributed by atoms with Crippen molar-refractivity contribution in [2.45, 2.75) is 31.8 Å². The zero-order chi connectivity index (χ0) is 13.8. The van der Waals surface area contributed by atoms with Gasteiger partial charge in [0.05, 0.1) is 6.10 Å². The zero-order valence-electron chi connectivity index (χ0n) is 12.1. The van der Waals surface area contributed by atoms with Gasteiger partial charge in [0.25, 0.3) is 0 Å². The second-order valence-electron chi connectivity index (χ2n) is 6.09. The first-order valence-electron chi connectivity index (χ1n) is 7.89. The van der Waals surface area contributed by atoms with E-state index in [0.717, 1.165) is 45.0 Å². The van der Waals surface area contributed by atoms with Gasteiger partial charge in [0, 0.05) is 38.9 Å². The Balaban J connectivity index is 1.49. The zero-order valence-corrected chi connectivity index (χ0v) is 12.1. The van der Waals surface area contributed by atoms with Crippen LogP contribution in [0.15, 0.2) is 24.4 Å². The molecule has 1 aromatic heterocycles. The number of aliphatic hydroxyl groups excluding tert-OH is 1. The van der Waals surface area contributed by atoms with E-state index in [4.69, 9.17) is 0 Å². The predicted molar refractivity (Wildman–Crippen MR) is 80.9 cm³/mol. The van der Waals surface area contributed by atoms with E-state index >= 15 is 0 Å². The average Bonchev–Trinajstić information content (AvgIpc) is 2.51. The third kappa shape index (κ3) is 3.30. The van der Waals surface area contributed by atoms with Crippen LogP contribution >= 0.6 is 0 Å². The molecule has 2 atom stereocenters. The molecular weight excluding hydrogens is 250 g/mol. The Kier molecular flexibility index (Phi) is 4.53. The van der Waals surface area contributed by atoms with Gasteiger partial charge in [-0.3, -0.25) is 4.90 Å². The molecule has 4 nitrogen and oxygen atoms in total. The first kappa shape index (κ1) is 13.8. The minimum Gasteiger partial charge on any atom is -0.393 e. The van der Waals surface area contributed by atoms with E-state index in [1.165, 1.54) is 19.3 Å². The number of pyridine rings is 1. The molecule has 2 aliphatic rings. The number of aromatic nitrogens is 1. The third-order valence-corrected chi connectivity index (χ3v) is 4.71. The van der Waals surface area contributed by atoms with Gasteiger partial charge in [-0.25, -0.2) is 4.98 Å². The number of anilines is 1. The molecule has 20 heavy (non-hydrogen) atoms. The van der Waals surface area contributed by atoms with Crippen molar-refractivity contribution in [3.63, 3.8) is 0 Å². The van der Waals surface area contributed by atoms with Crippen LogP contribution in [0.5, 0.6) is 0 Å². The van der Waals surface area contributed by atoms with E-state index in [2.05, 4.69) is 20.9 Å². The van der Waals surface area contributed by atoms with Crippen molar-refractivity contribution < 1.29 is 5.11 Å². The lowest BCUT2D eigenvalue weighted by atomic mass is 9.86. The minimum atomic E-state index is -0.0717. The second kappa shape index (κ2) is 6.55. The Labute approximate surface area is 121 Å². The number of hydrogen-bond donors (Lipinski definition) is 1. The summed E-state index contributed by atoms with van der Waals surface area (Å²) in [6.45, 7) is 5.32. The molecule has 0 radical (unpaired) electrons. The first-order valence-corrected chi connectivity index (χ1v) is 7.89. The molecular formula is C16H25N3O. The summed E-state index contributed by atoms with van der Waals surface area (Å²) in [6.07, 6.45) is 6.47. The molecule has 2 unspecified atom stereocenters. The van der Waals surface area contributed by atoms with Gasteiger partial charge in [0.15, 0.2) is 0 Å². The molecule has 1 aromatic rings. The van der Waals surface area contributed by atoms with E-state index in [9.17, 15) is 5.11 Å². The van der Waals surface area contributed by atoms with Gasteiger partial charge in [-0.15, -0.1) is 0 Å². The van der Waals surface area contributed by atoms with Crippen LogP contribution in [0.2, 0.25) is 0 Å². The molecule has 2 fully saturated rings. The number of rotatable bonds is 3. The van der Waals surface area contributed by atoms with Crippen molar-refractivity contribution >= 4 is 5.82 Å². The van der Waals surface area contributed by atoms with Gasteiger partial charge in [0.1, 0.15) is 5.82 Å². The fourth-order valence-electron chi connectivity index (χ4n) is 3.43. The van der Waals surface area contributed by atoms with Gasteiger partial charge in [-0.05, 0) is 30.9 Å². The Hall–Kier alpha value is -1.13. The van der Waals surface area contributed by atoms with E-state index in [1.54, 1.807) is 0 Å². The van der Waals surface area contributed by atoms with Crippen LogP contribution in [-0.4, -0.2) is 53.8 Å². The summed E-state index contributed by atoms with van der Waals surface area (Å²) in [5, 5.41) is 10.1. The van der Waals surface area contributed by atoms with Crippen LogP contribution < -0.4 is 4.90 Å². The Morgan fingerprint density at radius 1 is 1.10 bits per heavy atom. The molecule has 3 rings (SSSR count). The van der Waals surface area contributed by atoms with Crippen molar-refractivity contribution in [2.24, 2.45) is 5.92 Å². The van der Waals surface area contributed by atoms with Crippen molar-refractivity contribution in [1.82, 2.24) is 9.88 Å².